The molecule has 66 valence electrons. The van der Waals surface area contributed by atoms with Gasteiger partial charge in [0, 0.05) is 6.08 Å². The van der Waals surface area contributed by atoms with Crippen molar-refractivity contribution in [1.82, 2.24) is 0 Å². The highest BCUT2D eigenvalue weighted by atomic mass is 16.6. The number of esters is 2. The van der Waals surface area contributed by atoms with E-state index >= 15 is 0 Å². The zero-order valence-corrected chi connectivity index (χ0v) is 6.90. The van der Waals surface area contributed by atoms with Gasteiger partial charge in [0.25, 0.3) is 0 Å². The molecule has 1 aromatic rings. The van der Waals surface area contributed by atoms with Crippen molar-refractivity contribution in [3.05, 3.63) is 48.6 Å². The molecule has 0 amide bonds. The number of hydrogen-bond acceptors (Lipinski definition) is 3. The second-order valence-corrected chi connectivity index (χ2v) is 2.28. The highest BCUT2D eigenvalue weighted by molar-refractivity contribution is 5.99. The van der Waals surface area contributed by atoms with Crippen LogP contribution in [0.25, 0.3) is 0 Å². The van der Waals surface area contributed by atoms with Gasteiger partial charge >= 0.3 is 11.9 Å². The van der Waals surface area contributed by atoms with E-state index in [-0.39, 0.29) is 0 Å². The maximum Gasteiger partial charge on any atom is 0.346 e. The van der Waals surface area contributed by atoms with E-state index in [0.717, 1.165) is 6.08 Å². The van der Waals surface area contributed by atoms with E-state index < -0.39 is 11.9 Å². The van der Waals surface area contributed by atoms with Gasteiger partial charge in [-0.15, -0.1) is 0 Å². The number of hydrogen-bond donors (Lipinski definition) is 0. The third kappa shape index (κ3) is 2.56. The maximum absolute atomic E-state index is 11.1. The van der Waals surface area contributed by atoms with Gasteiger partial charge in [-0.1, -0.05) is 24.8 Å². The molecule has 0 unspecified atom stereocenters. The summed E-state index contributed by atoms with van der Waals surface area (Å²) in [5.41, 5.74) is 0.345. The van der Waals surface area contributed by atoms with Crippen LogP contribution in [-0.4, -0.2) is 11.9 Å². The highest BCUT2D eigenvalue weighted by Crippen LogP contribution is 2.00. The predicted molar refractivity (Wildman–Crippen MR) is 47.1 cm³/mol. The van der Waals surface area contributed by atoms with Crippen molar-refractivity contribution in [2.45, 2.75) is 0 Å². The van der Waals surface area contributed by atoms with Gasteiger partial charge in [-0.25, -0.2) is 9.59 Å². The molecule has 0 heterocycles. The van der Waals surface area contributed by atoms with Gasteiger partial charge in [0.2, 0.25) is 0 Å². The van der Waals surface area contributed by atoms with E-state index in [1.807, 2.05) is 0 Å². The van der Waals surface area contributed by atoms with Crippen molar-refractivity contribution >= 4 is 11.9 Å². The molecule has 0 saturated carbocycles. The lowest BCUT2D eigenvalue weighted by Crippen LogP contribution is -2.09. The lowest BCUT2D eigenvalue weighted by atomic mass is 10.2. The van der Waals surface area contributed by atoms with Crippen molar-refractivity contribution in [2.75, 3.05) is 0 Å². The summed E-state index contributed by atoms with van der Waals surface area (Å²) < 4.78 is 4.39. The zero-order valence-electron chi connectivity index (χ0n) is 6.90. The molecule has 0 fully saturated rings. The Labute approximate surface area is 75.6 Å². The van der Waals surface area contributed by atoms with Gasteiger partial charge in [0.05, 0.1) is 5.56 Å². The Kier molecular flexibility index (Phi) is 2.97. The van der Waals surface area contributed by atoms with Crippen LogP contribution in [0.1, 0.15) is 10.4 Å². The first kappa shape index (κ1) is 9.19. The molecule has 1 aromatic carbocycles. The molecule has 3 heteroatoms. The van der Waals surface area contributed by atoms with Crippen LogP contribution in [-0.2, 0) is 9.53 Å². The largest absolute Gasteiger partial charge is 0.386 e. The topological polar surface area (TPSA) is 43.4 Å². The smallest absolute Gasteiger partial charge is 0.346 e. The fraction of sp³-hybridized carbons (Fsp3) is 0. The van der Waals surface area contributed by atoms with Crippen LogP contribution in [0.5, 0.6) is 0 Å². The summed E-state index contributed by atoms with van der Waals surface area (Å²) in [6, 6.07) is 8.29. The Morgan fingerprint density at radius 2 is 1.85 bits per heavy atom. The number of ether oxygens (including phenoxy) is 1. The molecule has 0 aliphatic carbocycles. The number of carbonyl (C=O) groups excluding carboxylic acids is 2. The van der Waals surface area contributed by atoms with Crippen molar-refractivity contribution in [1.29, 1.82) is 0 Å². The molecule has 0 aromatic heterocycles. The first-order valence-electron chi connectivity index (χ1n) is 3.67. The van der Waals surface area contributed by atoms with E-state index in [2.05, 4.69) is 11.3 Å². The van der Waals surface area contributed by atoms with Gasteiger partial charge in [-0.3, -0.25) is 0 Å². The average Bonchev–Trinajstić information content (AvgIpc) is 2.19. The van der Waals surface area contributed by atoms with Crippen molar-refractivity contribution in [2.24, 2.45) is 0 Å². The molecule has 0 aliphatic rings. The molecule has 0 atom stereocenters. The molecule has 0 saturated heterocycles. The van der Waals surface area contributed by atoms with Crippen molar-refractivity contribution < 1.29 is 14.3 Å². The van der Waals surface area contributed by atoms with E-state index in [1.165, 1.54) is 0 Å². The first-order chi connectivity index (χ1) is 6.24. The number of benzene rings is 1. The second-order valence-electron chi connectivity index (χ2n) is 2.28. The van der Waals surface area contributed by atoms with Crippen molar-refractivity contribution in [3.8, 4) is 0 Å². The molecule has 3 nitrogen and oxygen atoms in total. The first-order valence-corrected chi connectivity index (χ1v) is 3.67. The summed E-state index contributed by atoms with van der Waals surface area (Å²) in [5.74, 6) is -1.40. The van der Waals surface area contributed by atoms with Crippen LogP contribution in [0.3, 0.4) is 0 Å². The van der Waals surface area contributed by atoms with Crippen LogP contribution in [0.15, 0.2) is 43.0 Å². The SMILES string of the molecule is C=CC(=O)OC(=O)c1ccccc1. The maximum atomic E-state index is 11.1. The molecule has 13 heavy (non-hydrogen) atoms. The predicted octanol–water partition coefficient (Wildman–Crippen LogP) is 1.56. The van der Waals surface area contributed by atoms with Crippen LogP contribution >= 0.6 is 0 Å². The van der Waals surface area contributed by atoms with Crippen LogP contribution in [0.2, 0.25) is 0 Å². The monoisotopic (exact) mass is 176 g/mol. The molecule has 0 spiro atoms. The lowest BCUT2D eigenvalue weighted by molar-refractivity contribution is -0.132. The Balaban J connectivity index is 2.70. The van der Waals surface area contributed by atoms with Gasteiger partial charge in [0.15, 0.2) is 0 Å². The summed E-state index contributed by atoms with van der Waals surface area (Å²) in [4.78, 5) is 21.8. The van der Waals surface area contributed by atoms with E-state index in [9.17, 15) is 9.59 Å². The highest BCUT2D eigenvalue weighted by Gasteiger charge is 2.08. The Morgan fingerprint density at radius 1 is 1.23 bits per heavy atom. The molecule has 0 N–H and O–H groups in total. The standard InChI is InChI=1S/C10H8O3/c1-2-9(11)13-10(12)8-6-4-3-5-7-8/h2-7H,1H2. The minimum absolute atomic E-state index is 0.345. The molecule has 0 bridgehead atoms. The van der Waals surface area contributed by atoms with Crippen molar-refractivity contribution in [3.63, 3.8) is 0 Å². The van der Waals surface area contributed by atoms with Crippen LogP contribution in [0.4, 0.5) is 0 Å². The third-order valence-electron chi connectivity index (χ3n) is 1.37. The Morgan fingerprint density at radius 3 is 2.38 bits per heavy atom. The summed E-state index contributed by atoms with van der Waals surface area (Å²) in [6.45, 7) is 3.18. The molecular formula is C10H8O3. The number of carbonyl (C=O) groups is 2. The quantitative estimate of drug-likeness (QED) is 0.390. The fourth-order valence-electron chi connectivity index (χ4n) is 0.766. The molecule has 0 aliphatic heterocycles. The summed E-state index contributed by atoms with van der Waals surface area (Å²) >= 11 is 0. The molecule has 0 radical (unpaired) electrons. The Hall–Kier alpha value is -1.90. The van der Waals surface area contributed by atoms with Gasteiger partial charge < -0.3 is 4.74 Å². The summed E-state index contributed by atoms with van der Waals surface area (Å²) in [6.07, 6.45) is 0.945. The van der Waals surface area contributed by atoms with E-state index in [4.69, 9.17) is 0 Å². The van der Waals surface area contributed by atoms with Gasteiger partial charge in [-0.2, -0.15) is 0 Å². The minimum Gasteiger partial charge on any atom is -0.386 e. The lowest BCUT2D eigenvalue weighted by Gasteiger charge is -1.98. The fourth-order valence-corrected chi connectivity index (χ4v) is 0.766. The Bertz CT molecular complexity index is 327. The minimum atomic E-state index is -0.742. The average molecular weight is 176 g/mol. The van der Waals surface area contributed by atoms with E-state index in [1.54, 1.807) is 30.3 Å². The second kappa shape index (κ2) is 4.21. The third-order valence-corrected chi connectivity index (χ3v) is 1.37. The van der Waals surface area contributed by atoms with Gasteiger partial charge in [-0.05, 0) is 12.1 Å². The number of rotatable bonds is 2. The summed E-state index contributed by atoms with van der Waals surface area (Å²) in [7, 11) is 0. The van der Waals surface area contributed by atoms with Crippen LogP contribution in [0, 0.1) is 0 Å². The van der Waals surface area contributed by atoms with Crippen LogP contribution < -0.4 is 0 Å². The molecule has 1 rings (SSSR count). The normalized spacial score (nSPS) is 8.92. The van der Waals surface area contributed by atoms with E-state index in [0.29, 0.717) is 5.56 Å². The summed E-state index contributed by atoms with van der Waals surface area (Å²) in [5, 5.41) is 0. The molecular weight excluding hydrogens is 168 g/mol. The van der Waals surface area contributed by atoms with Gasteiger partial charge in [0.1, 0.15) is 0 Å². The zero-order chi connectivity index (χ0) is 9.68.